The zero-order valence-corrected chi connectivity index (χ0v) is 9.97. The third-order valence-electron chi connectivity index (χ3n) is 3.60. The monoisotopic (exact) mass is 219 g/mol. The van der Waals surface area contributed by atoms with Crippen LogP contribution in [0.25, 0.3) is 0 Å². The summed E-state index contributed by atoms with van der Waals surface area (Å²) in [7, 11) is 2.17. The van der Waals surface area contributed by atoms with Gasteiger partial charge in [-0.25, -0.2) is 0 Å². The lowest BCUT2D eigenvalue weighted by Gasteiger charge is -2.33. The molecule has 1 fully saturated rings. The van der Waals surface area contributed by atoms with E-state index in [1.165, 1.54) is 25.8 Å². The Bertz CT molecular complexity index is 312. The molecule has 16 heavy (non-hydrogen) atoms. The number of aliphatic hydroxyl groups is 1. The molecular weight excluding hydrogens is 198 g/mol. The largest absolute Gasteiger partial charge is 0.388 e. The fraction of sp³-hybridized carbons (Fsp3) is 0.571. The number of benzene rings is 1. The van der Waals surface area contributed by atoms with Crippen LogP contribution in [0.2, 0.25) is 0 Å². The smallest absolute Gasteiger partial charge is 0.0805 e. The van der Waals surface area contributed by atoms with Crippen molar-refractivity contribution in [2.75, 3.05) is 13.6 Å². The second-order valence-electron chi connectivity index (χ2n) is 4.79. The summed E-state index contributed by atoms with van der Waals surface area (Å²) in [5.41, 5.74) is 1.04. The first kappa shape index (κ1) is 11.6. The fourth-order valence-corrected chi connectivity index (χ4v) is 2.51. The first-order chi connectivity index (χ1) is 7.77. The maximum Gasteiger partial charge on any atom is 0.0805 e. The van der Waals surface area contributed by atoms with Gasteiger partial charge in [0.05, 0.1) is 6.10 Å². The van der Waals surface area contributed by atoms with Crippen LogP contribution in [0.5, 0.6) is 0 Å². The number of rotatable bonds is 3. The van der Waals surface area contributed by atoms with E-state index in [0.29, 0.717) is 6.04 Å². The minimum Gasteiger partial charge on any atom is -0.388 e. The Morgan fingerprint density at radius 1 is 1.31 bits per heavy atom. The third kappa shape index (κ3) is 2.83. The molecule has 0 aliphatic carbocycles. The highest BCUT2D eigenvalue weighted by atomic mass is 16.3. The Morgan fingerprint density at radius 2 is 2.06 bits per heavy atom. The molecule has 2 heteroatoms. The summed E-state index contributed by atoms with van der Waals surface area (Å²) in [6.07, 6.45) is 4.37. The van der Waals surface area contributed by atoms with Crippen LogP contribution >= 0.6 is 0 Å². The van der Waals surface area contributed by atoms with E-state index in [4.69, 9.17) is 0 Å². The summed E-state index contributed by atoms with van der Waals surface area (Å²) in [6, 6.07) is 10.5. The molecule has 0 radical (unpaired) electrons. The van der Waals surface area contributed by atoms with Crippen molar-refractivity contribution in [2.24, 2.45) is 0 Å². The third-order valence-corrected chi connectivity index (χ3v) is 3.60. The van der Waals surface area contributed by atoms with Gasteiger partial charge in [0.15, 0.2) is 0 Å². The van der Waals surface area contributed by atoms with E-state index in [0.717, 1.165) is 12.0 Å². The Morgan fingerprint density at radius 3 is 2.75 bits per heavy atom. The SMILES string of the molecule is CN1CCCCC1CC(O)c1ccccc1. The van der Waals surface area contributed by atoms with E-state index in [-0.39, 0.29) is 6.10 Å². The van der Waals surface area contributed by atoms with Crippen LogP contribution in [0, 0.1) is 0 Å². The van der Waals surface area contributed by atoms with Gasteiger partial charge in [-0.2, -0.15) is 0 Å². The molecule has 0 amide bonds. The second-order valence-corrected chi connectivity index (χ2v) is 4.79. The Kier molecular flexibility index (Phi) is 3.97. The predicted octanol–water partition coefficient (Wildman–Crippen LogP) is 2.59. The quantitative estimate of drug-likeness (QED) is 0.844. The number of aliphatic hydroxyl groups excluding tert-OH is 1. The van der Waals surface area contributed by atoms with Crippen LogP contribution in [0.3, 0.4) is 0 Å². The van der Waals surface area contributed by atoms with E-state index in [1.54, 1.807) is 0 Å². The fourth-order valence-electron chi connectivity index (χ4n) is 2.51. The molecule has 0 aromatic heterocycles. The van der Waals surface area contributed by atoms with Crippen molar-refractivity contribution in [3.8, 4) is 0 Å². The van der Waals surface area contributed by atoms with Crippen molar-refractivity contribution in [3.05, 3.63) is 35.9 Å². The molecule has 1 aliphatic rings. The van der Waals surface area contributed by atoms with Gasteiger partial charge in [-0.1, -0.05) is 36.8 Å². The highest BCUT2D eigenvalue weighted by molar-refractivity contribution is 5.17. The minimum atomic E-state index is -0.313. The topological polar surface area (TPSA) is 23.5 Å². The van der Waals surface area contributed by atoms with Crippen LogP contribution in [0.4, 0.5) is 0 Å². The summed E-state index contributed by atoms with van der Waals surface area (Å²) in [4.78, 5) is 2.38. The van der Waals surface area contributed by atoms with Gasteiger partial charge in [0.25, 0.3) is 0 Å². The summed E-state index contributed by atoms with van der Waals surface area (Å²) < 4.78 is 0. The van der Waals surface area contributed by atoms with E-state index in [9.17, 15) is 5.11 Å². The first-order valence-corrected chi connectivity index (χ1v) is 6.20. The zero-order valence-electron chi connectivity index (χ0n) is 9.97. The summed E-state index contributed by atoms with van der Waals surface area (Å²) in [6.45, 7) is 1.17. The van der Waals surface area contributed by atoms with Crippen LogP contribution in [-0.4, -0.2) is 29.6 Å². The van der Waals surface area contributed by atoms with Crippen molar-refractivity contribution in [1.82, 2.24) is 4.90 Å². The zero-order chi connectivity index (χ0) is 11.4. The highest BCUT2D eigenvalue weighted by Gasteiger charge is 2.22. The van der Waals surface area contributed by atoms with Gasteiger partial charge in [0.1, 0.15) is 0 Å². The average Bonchev–Trinajstić information content (AvgIpc) is 2.33. The molecule has 1 saturated heterocycles. The molecule has 1 aromatic rings. The van der Waals surface area contributed by atoms with Crippen LogP contribution in [-0.2, 0) is 0 Å². The molecule has 1 heterocycles. The normalized spacial score (nSPS) is 24.2. The number of hydrogen-bond donors (Lipinski definition) is 1. The van der Waals surface area contributed by atoms with Gasteiger partial charge < -0.3 is 10.0 Å². The average molecular weight is 219 g/mol. The number of hydrogen-bond acceptors (Lipinski definition) is 2. The minimum absolute atomic E-state index is 0.313. The molecule has 0 bridgehead atoms. The Labute approximate surface area is 97.9 Å². The maximum atomic E-state index is 10.2. The molecule has 2 rings (SSSR count). The predicted molar refractivity (Wildman–Crippen MR) is 66.3 cm³/mol. The lowest BCUT2D eigenvalue weighted by molar-refractivity contribution is 0.0944. The molecule has 2 atom stereocenters. The standard InChI is InChI=1S/C14H21NO/c1-15-10-6-5-9-13(15)11-14(16)12-7-3-2-4-8-12/h2-4,7-8,13-14,16H,5-6,9-11H2,1H3. The Balaban J connectivity index is 1.94. The van der Waals surface area contributed by atoms with E-state index < -0.39 is 0 Å². The van der Waals surface area contributed by atoms with E-state index >= 15 is 0 Å². The van der Waals surface area contributed by atoms with E-state index in [1.807, 2.05) is 30.3 Å². The van der Waals surface area contributed by atoms with Gasteiger partial charge in [-0.3, -0.25) is 0 Å². The molecule has 2 unspecified atom stereocenters. The molecule has 0 spiro atoms. The highest BCUT2D eigenvalue weighted by Crippen LogP contribution is 2.25. The summed E-state index contributed by atoms with van der Waals surface area (Å²) in [5.74, 6) is 0. The van der Waals surface area contributed by atoms with Crippen LogP contribution < -0.4 is 0 Å². The molecule has 1 aliphatic heterocycles. The lowest BCUT2D eigenvalue weighted by atomic mass is 9.95. The number of likely N-dealkylation sites (tertiary alicyclic amines) is 1. The van der Waals surface area contributed by atoms with E-state index in [2.05, 4.69) is 11.9 Å². The van der Waals surface area contributed by atoms with Gasteiger partial charge in [0.2, 0.25) is 0 Å². The summed E-state index contributed by atoms with van der Waals surface area (Å²) >= 11 is 0. The van der Waals surface area contributed by atoms with Crippen molar-refractivity contribution in [1.29, 1.82) is 0 Å². The first-order valence-electron chi connectivity index (χ1n) is 6.20. The van der Waals surface area contributed by atoms with Gasteiger partial charge in [-0.05, 0) is 38.4 Å². The molecule has 88 valence electrons. The van der Waals surface area contributed by atoms with Crippen LogP contribution in [0.15, 0.2) is 30.3 Å². The lowest BCUT2D eigenvalue weighted by Crippen LogP contribution is -2.37. The van der Waals surface area contributed by atoms with Gasteiger partial charge in [-0.15, -0.1) is 0 Å². The molecule has 1 N–H and O–H groups in total. The van der Waals surface area contributed by atoms with Gasteiger partial charge >= 0.3 is 0 Å². The van der Waals surface area contributed by atoms with Crippen molar-refractivity contribution in [2.45, 2.75) is 37.8 Å². The molecular formula is C14H21NO. The molecule has 0 saturated carbocycles. The molecule has 1 aromatic carbocycles. The van der Waals surface area contributed by atoms with Crippen LogP contribution in [0.1, 0.15) is 37.4 Å². The van der Waals surface area contributed by atoms with Crippen molar-refractivity contribution >= 4 is 0 Å². The molecule has 2 nitrogen and oxygen atoms in total. The second kappa shape index (κ2) is 5.46. The number of piperidine rings is 1. The van der Waals surface area contributed by atoms with Gasteiger partial charge in [0, 0.05) is 6.04 Å². The van der Waals surface area contributed by atoms with Crippen molar-refractivity contribution in [3.63, 3.8) is 0 Å². The number of nitrogens with zero attached hydrogens (tertiary/aromatic N) is 1. The van der Waals surface area contributed by atoms with Crippen molar-refractivity contribution < 1.29 is 5.11 Å². The summed E-state index contributed by atoms with van der Waals surface area (Å²) in [5, 5.41) is 10.2. The maximum absolute atomic E-state index is 10.2. The Hall–Kier alpha value is -0.860.